The molecule has 1 aromatic rings. The standard InChI is InChI=1S/C32H42F2N6O5/c1-16(37-25-19(33)8-7-9-20(25)34)28(43)39-27(31(2,3)4)30(45)40-13-18-24(32(18,5)6)26(40)29(44)38-22(21(35)14-41)12-17-10-11-36-23(17)15-42/h7-9,16-18,22,24,26-27,36-37H,10-13,35H2,1-6H3,(H,38,44)(H,39,43)/t16?,17-,18-,22?,24-,26-,27?/m0/s1. The molecular formula is C32H42F2N6O5. The molecule has 3 unspecified atom stereocenters. The maximum Gasteiger partial charge on any atom is 0.246 e. The molecule has 11 nitrogen and oxygen atoms in total. The summed E-state index contributed by atoms with van der Waals surface area (Å²) >= 11 is 0. The van der Waals surface area contributed by atoms with Gasteiger partial charge in [0.25, 0.3) is 0 Å². The summed E-state index contributed by atoms with van der Waals surface area (Å²) in [6.45, 7) is 11.6. The number of nitrogens with zero attached hydrogens (tertiary/aromatic N) is 1. The summed E-state index contributed by atoms with van der Waals surface area (Å²) in [4.78, 5) is 65.7. The number of amides is 3. The van der Waals surface area contributed by atoms with Crippen molar-refractivity contribution < 1.29 is 32.8 Å². The molecule has 2 saturated heterocycles. The first-order valence-corrected chi connectivity index (χ1v) is 15.1. The second-order valence-corrected chi connectivity index (χ2v) is 13.9. The van der Waals surface area contributed by atoms with Crippen LogP contribution in [0.4, 0.5) is 14.5 Å². The van der Waals surface area contributed by atoms with Gasteiger partial charge in [-0.1, -0.05) is 40.7 Å². The van der Waals surface area contributed by atoms with Crippen LogP contribution in [0.1, 0.15) is 54.4 Å². The molecule has 2 heterocycles. The molecule has 45 heavy (non-hydrogen) atoms. The van der Waals surface area contributed by atoms with Crippen LogP contribution in [0.15, 0.2) is 29.6 Å². The molecule has 2 aliphatic heterocycles. The Morgan fingerprint density at radius 2 is 1.80 bits per heavy atom. The number of anilines is 1. The highest BCUT2D eigenvalue weighted by molar-refractivity contribution is 5.95. The van der Waals surface area contributed by atoms with E-state index in [2.05, 4.69) is 21.3 Å². The second-order valence-electron chi connectivity index (χ2n) is 13.9. The van der Waals surface area contributed by atoms with E-state index in [0.29, 0.717) is 18.7 Å². The molecule has 0 spiro atoms. The van der Waals surface area contributed by atoms with E-state index in [9.17, 15) is 32.8 Å². The highest BCUT2D eigenvalue weighted by atomic mass is 19.1. The average molecular weight is 629 g/mol. The van der Waals surface area contributed by atoms with E-state index in [4.69, 9.17) is 5.73 Å². The van der Waals surface area contributed by atoms with E-state index >= 15 is 0 Å². The van der Waals surface area contributed by atoms with Gasteiger partial charge < -0.3 is 31.9 Å². The Morgan fingerprint density at radius 1 is 1.16 bits per heavy atom. The molecule has 13 heteroatoms. The number of fused-ring (bicyclic) bond motifs is 1. The van der Waals surface area contributed by atoms with Crippen LogP contribution < -0.4 is 27.0 Å². The lowest BCUT2D eigenvalue weighted by molar-refractivity contribution is -0.145. The molecular weight excluding hydrogens is 586 g/mol. The van der Waals surface area contributed by atoms with E-state index in [0.717, 1.165) is 12.1 Å². The van der Waals surface area contributed by atoms with Gasteiger partial charge in [0.15, 0.2) is 0 Å². The van der Waals surface area contributed by atoms with Gasteiger partial charge in [0.05, 0.1) is 11.7 Å². The molecule has 0 aromatic heterocycles. The Morgan fingerprint density at radius 3 is 2.38 bits per heavy atom. The van der Waals surface area contributed by atoms with Crippen LogP contribution in [-0.4, -0.2) is 71.8 Å². The summed E-state index contributed by atoms with van der Waals surface area (Å²) in [5, 5.41) is 11.1. The smallest absolute Gasteiger partial charge is 0.246 e. The van der Waals surface area contributed by atoms with Crippen molar-refractivity contribution >= 4 is 35.3 Å². The van der Waals surface area contributed by atoms with E-state index in [1.165, 1.54) is 17.9 Å². The fourth-order valence-electron chi connectivity index (χ4n) is 6.71. The number of carbonyl (C=O) groups is 3. The Bertz CT molecular complexity index is 1440. The molecule has 0 radical (unpaired) electrons. The van der Waals surface area contributed by atoms with Gasteiger partial charge in [0.2, 0.25) is 17.7 Å². The van der Waals surface area contributed by atoms with Crippen molar-refractivity contribution in [2.75, 3.05) is 18.4 Å². The van der Waals surface area contributed by atoms with Crippen LogP contribution in [0, 0.1) is 40.2 Å². The number of allylic oxidation sites excluding steroid dienone is 1. The van der Waals surface area contributed by atoms with Gasteiger partial charge in [0.1, 0.15) is 53.0 Å². The Kier molecular flexibility index (Phi) is 9.47. The molecule has 6 N–H and O–H groups in total. The summed E-state index contributed by atoms with van der Waals surface area (Å²) in [5.74, 6) is -0.298. The molecule has 1 aliphatic carbocycles. The predicted octanol–water partition coefficient (Wildman–Crippen LogP) is 1.65. The van der Waals surface area contributed by atoms with Crippen LogP contribution in [0.2, 0.25) is 0 Å². The summed E-state index contributed by atoms with van der Waals surface area (Å²) in [6, 6.07) is -0.689. The number of nitrogens with two attached hydrogens (primary N) is 1. The topological polar surface area (TPSA) is 163 Å². The highest BCUT2D eigenvalue weighted by Crippen LogP contribution is 2.65. The number of likely N-dealkylation sites (tertiary alicyclic amines) is 1. The van der Waals surface area contributed by atoms with Crippen molar-refractivity contribution in [3.05, 3.63) is 41.2 Å². The summed E-state index contributed by atoms with van der Waals surface area (Å²) in [6.07, 6.45) is 0.773. The van der Waals surface area contributed by atoms with Crippen molar-refractivity contribution in [2.24, 2.45) is 34.3 Å². The molecule has 3 aliphatic rings. The van der Waals surface area contributed by atoms with Crippen LogP contribution in [0.5, 0.6) is 0 Å². The van der Waals surface area contributed by atoms with E-state index in [1.54, 1.807) is 26.7 Å². The third kappa shape index (κ3) is 6.74. The fourth-order valence-corrected chi connectivity index (χ4v) is 6.71. The number of hydrogen-bond acceptors (Lipinski definition) is 8. The first-order valence-electron chi connectivity index (χ1n) is 15.1. The zero-order chi connectivity index (χ0) is 33.4. The second kappa shape index (κ2) is 12.7. The minimum atomic E-state index is -1.10. The van der Waals surface area contributed by atoms with Crippen molar-refractivity contribution in [1.82, 2.24) is 20.9 Å². The molecule has 0 bridgehead atoms. The van der Waals surface area contributed by atoms with Gasteiger partial charge in [-0.3, -0.25) is 14.4 Å². The van der Waals surface area contributed by atoms with Gasteiger partial charge in [-0.2, -0.15) is 0 Å². The van der Waals surface area contributed by atoms with Gasteiger partial charge >= 0.3 is 0 Å². The molecule has 3 amide bonds. The molecule has 1 aromatic carbocycles. The van der Waals surface area contributed by atoms with E-state index in [1.807, 2.05) is 19.8 Å². The third-order valence-corrected chi connectivity index (χ3v) is 9.53. The minimum absolute atomic E-state index is 0.0270. The van der Waals surface area contributed by atoms with E-state index < -0.39 is 64.6 Å². The van der Waals surface area contributed by atoms with Crippen molar-refractivity contribution in [1.29, 1.82) is 0 Å². The summed E-state index contributed by atoms with van der Waals surface area (Å²) in [5.41, 5.74) is 4.58. The Balaban J connectivity index is 1.55. The zero-order valence-corrected chi connectivity index (χ0v) is 26.4. The normalized spacial score (nSPS) is 25.1. The maximum absolute atomic E-state index is 14.2. The quantitative estimate of drug-likeness (QED) is 0.244. The SMILES string of the molecule is CC(Nc1c(F)cccc1F)C(=O)NC(C(=O)N1C[C@H]2[C@@H]([C@H]1C(=O)NC(C[C@@H]1CCNC1=C=O)C(N)=C=O)C2(C)C)C(C)(C)C. The molecule has 4 rings (SSSR count). The maximum atomic E-state index is 14.2. The minimum Gasteiger partial charge on any atom is -0.391 e. The summed E-state index contributed by atoms with van der Waals surface area (Å²) < 4.78 is 28.4. The Labute approximate surface area is 261 Å². The Hall–Kier alpha value is -4.21. The van der Waals surface area contributed by atoms with Gasteiger partial charge in [-0.15, -0.1) is 0 Å². The zero-order valence-electron chi connectivity index (χ0n) is 26.4. The van der Waals surface area contributed by atoms with Crippen LogP contribution in [0.3, 0.4) is 0 Å². The van der Waals surface area contributed by atoms with Crippen molar-refractivity contribution in [3.63, 3.8) is 0 Å². The number of carbonyl (C=O) groups excluding carboxylic acids is 5. The first kappa shape index (κ1) is 33.7. The lowest BCUT2D eigenvalue weighted by atomic mass is 9.85. The molecule has 1 saturated carbocycles. The predicted molar refractivity (Wildman–Crippen MR) is 162 cm³/mol. The van der Waals surface area contributed by atoms with Crippen molar-refractivity contribution in [2.45, 2.75) is 78.6 Å². The summed E-state index contributed by atoms with van der Waals surface area (Å²) in [7, 11) is 0. The number of nitrogens with one attached hydrogen (secondary N) is 4. The van der Waals surface area contributed by atoms with Crippen LogP contribution in [0.25, 0.3) is 0 Å². The van der Waals surface area contributed by atoms with Gasteiger partial charge in [-0.25, -0.2) is 18.4 Å². The largest absolute Gasteiger partial charge is 0.391 e. The highest BCUT2D eigenvalue weighted by Gasteiger charge is 2.69. The van der Waals surface area contributed by atoms with Crippen molar-refractivity contribution in [3.8, 4) is 0 Å². The lowest BCUT2D eigenvalue weighted by Crippen LogP contribution is -2.61. The number of hydrogen-bond donors (Lipinski definition) is 5. The number of para-hydroxylation sites is 1. The number of piperidine rings is 1. The average Bonchev–Trinajstić information content (AvgIpc) is 3.35. The fraction of sp³-hybridized carbons (Fsp3) is 0.594. The van der Waals surface area contributed by atoms with E-state index in [-0.39, 0.29) is 41.8 Å². The first-order chi connectivity index (χ1) is 21.0. The van der Waals surface area contributed by atoms with Gasteiger partial charge in [0, 0.05) is 19.0 Å². The van der Waals surface area contributed by atoms with Crippen LogP contribution >= 0.6 is 0 Å². The monoisotopic (exact) mass is 628 g/mol. The number of benzene rings is 1. The molecule has 7 atom stereocenters. The molecule has 244 valence electrons. The van der Waals surface area contributed by atoms with Gasteiger partial charge in [-0.05, 0) is 54.6 Å². The number of rotatable bonds is 10. The van der Waals surface area contributed by atoms with Crippen LogP contribution in [-0.2, 0) is 24.0 Å². The molecule has 3 fully saturated rings. The third-order valence-electron chi connectivity index (χ3n) is 9.53. The number of halogens is 2. The lowest BCUT2D eigenvalue weighted by Gasteiger charge is -2.38.